The Balaban J connectivity index is 1.59. The third-order valence-electron chi connectivity index (χ3n) is 5.13. The Kier molecular flexibility index (Phi) is 5.56. The third-order valence-corrected chi connectivity index (χ3v) is 7.74. The molecule has 10 nitrogen and oxygen atoms in total. The van der Waals surface area contributed by atoms with Crippen molar-refractivity contribution in [2.75, 3.05) is 31.1 Å². The highest BCUT2D eigenvalue weighted by molar-refractivity contribution is 7.91. The van der Waals surface area contributed by atoms with Crippen molar-refractivity contribution in [3.05, 3.63) is 17.9 Å². The van der Waals surface area contributed by atoms with Gasteiger partial charge in [-0.1, -0.05) is 0 Å². The topological polar surface area (TPSA) is 148 Å². The minimum absolute atomic E-state index is 0.0540. The number of nitrogens with zero attached hydrogens (tertiary/aromatic N) is 2. The van der Waals surface area contributed by atoms with E-state index in [1.165, 1.54) is 4.90 Å². The minimum atomic E-state index is -4.03. The molecule has 0 saturated carbocycles. The van der Waals surface area contributed by atoms with E-state index in [-0.39, 0.29) is 54.4 Å². The Morgan fingerprint density at radius 1 is 1.32 bits per heavy atom. The fourth-order valence-electron chi connectivity index (χ4n) is 3.67. The van der Waals surface area contributed by atoms with Crippen molar-refractivity contribution in [2.24, 2.45) is 11.1 Å². The van der Waals surface area contributed by atoms with Crippen LogP contribution in [-0.4, -0.2) is 75.6 Å². The highest BCUT2D eigenvalue weighted by Gasteiger charge is 2.34. The summed E-state index contributed by atoms with van der Waals surface area (Å²) in [6, 6.07) is 0.841. The zero-order valence-corrected chi connectivity index (χ0v) is 17.0. The minimum Gasteiger partial charge on any atom is -0.451 e. The van der Waals surface area contributed by atoms with Crippen LogP contribution >= 0.6 is 0 Å². The predicted molar refractivity (Wildman–Crippen MR) is 98.5 cm³/mol. The maximum Gasteiger partial charge on any atom is 0.271 e. The monoisotopic (exact) mass is 433 g/mol. The van der Waals surface area contributed by atoms with Gasteiger partial charge < -0.3 is 14.2 Å². The number of hydrogen-bond acceptors (Lipinski definition) is 7. The van der Waals surface area contributed by atoms with Gasteiger partial charge >= 0.3 is 0 Å². The number of piperazine rings is 1. The van der Waals surface area contributed by atoms with E-state index in [1.807, 2.05) is 6.92 Å². The summed E-state index contributed by atoms with van der Waals surface area (Å²) in [5, 5.41) is 4.50. The van der Waals surface area contributed by atoms with E-state index < -0.39 is 30.9 Å². The first-order chi connectivity index (χ1) is 13.0. The van der Waals surface area contributed by atoms with Crippen LogP contribution in [-0.2, 0) is 24.7 Å². The molecule has 1 aromatic rings. The van der Waals surface area contributed by atoms with Crippen LogP contribution in [0, 0.1) is 5.92 Å². The van der Waals surface area contributed by atoms with E-state index >= 15 is 0 Å². The van der Waals surface area contributed by atoms with Gasteiger partial charge in [0.25, 0.3) is 15.9 Å². The molecule has 1 unspecified atom stereocenters. The van der Waals surface area contributed by atoms with Crippen LogP contribution in [0.2, 0.25) is 0 Å². The van der Waals surface area contributed by atoms with Crippen LogP contribution in [0.5, 0.6) is 0 Å². The van der Waals surface area contributed by atoms with Crippen LogP contribution in [0.25, 0.3) is 0 Å². The summed E-state index contributed by atoms with van der Waals surface area (Å²) in [6.45, 7) is 2.70. The summed E-state index contributed by atoms with van der Waals surface area (Å²) in [5.41, 5.74) is 0.0761. The number of hydrogen-bond donors (Lipinski definition) is 1. The fourth-order valence-corrected chi connectivity index (χ4v) is 6.01. The van der Waals surface area contributed by atoms with Gasteiger partial charge in [-0.25, -0.2) is 22.0 Å². The second kappa shape index (κ2) is 7.48. The zero-order chi connectivity index (χ0) is 20.7. The second-order valence-electron chi connectivity index (χ2n) is 7.36. The van der Waals surface area contributed by atoms with E-state index in [4.69, 9.17) is 9.56 Å². The summed E-state index contributed by atoms with van der Waals surface area (Å²) >= 11 is 0. The number of rotatable bonds is 4. The molecule has 0 aliphatic carbocycles. The lowest BCUT2D eigenvalue weighted by atomic mass is 10.0. The van der Waals surface area contributed by atoms with Crippen molar-refractivity contribution in [2.45, 2.75) is 30.9 Å². The molecule has 2 N–H and O–H groups in total. The standard InChI is InChI=1S/C16H23N3O7S2/c1-11-8-18(16(21)13-7-15(26-9-13)28(17,24)25)3-4-19(11)14(20)6-12-2-5-27(22,23)10-12/h7,9,11-12H,2-6,8,10H2,1H3,(H2,17,24,25)/t11-,12?/m0/s1. The largest absolute Gasteiger partial charge is 0.451 e. The number of carbonyl (C=O) groups excluding carboxylic acids is 2. The molecule has 12 heteroatoms. The Morgan fingerprint density at radius 3 is 2.57 bits per heavy atom. The van der Waals surface area contributed by atoms with Gasteiger partial charge in [-0.05, 0) is 19.3 Å². The molecule has 2 fully saturated rings. The Morgan fingerprint density at radius 2 is 2.04 bits per heavy atom. The predicted octanol–water partition coefficient (Wildman–Crippen LogP) is -0.575. The van der Waals surface area contributed by atoms with E-state index in [2.05, 4.69) is 0 Å². The molecule has 0 bridgehead atoms. The number of sulfonamides is 1. The number of primary sulfonamides is 1. The average Bonchev–Trinajstić information content (AvgIpc) is 3.20. The van der Waals surface area contributed by atoms with Crippen molar-refractivity contribution >= 4 is 31.7 Å². The first kappa shape index (κ1) is 20.8. The summed E-state index contributed by atoms with van der Waals surface area (Å²) in [5.74, 6) is -0.472. The van der Waals surface area contributed by atoms with Crippen LogP contribution in [0.1, 0.15) is 30.1 Å². The summed E-state index contributed by atoms with van der Waals surface area (Å²) in [6.07, 6.45) is 1.75. The van der Waals surface area contributed by atoms with Gasteiger partial charge in [-0.2, -0.15) is 0 Å². The van der Waals surface area contributed by atoms with Crippen molar-refractivity contribution in [3.8, 4) is 0 Å². The highest BCUT2D eigenvalue weighted by atomic mass is 32.2. The molecule has 28 heavy (non-hydrogen) atoms. The molecule has 3 rings (SSSR count). The van der Waals surface area contributed by atoms with Crippen molar-refractivity contribution in [1.29, 1.82) is 0 Å². The smallest absolute Gasteiger partial charge is 0.271 e. The first-order valence-corrected chi connectivity index (χ1v) is 12.2. The maximum absolute atomic E-state index is 12.6. The lowest BCUT2D eigenvalue weighted by molar-refractivity contribution is -0.136. The molecule has 2 atom stereocenters. The quantitative estimate of drug-likeness (QED) is 0.668. The maximum atomic E-state index is 12.6. The molecule has 0 aromatic carbocycles. The molecule has 3 heterocycles. The molecular formula is C16H23N3O7S2. The molecule has 2 aliphatic heterocycles. The van der Waals surface area contributed by atoms with Gasteiger partial charge in [-0.15, -0.1) is 0 Å². The molecule has 156 valence electrons. The van der Waals surface area contributed by atoms with Gasteiger partial charge in [0, 0.05) is 38.2 Å². The molecular weight excluding hydrogens is 410 g/mol. The molecule has 0 spiro atoms. The molecule has 0 radical (unpaired) electrons. The number of nitrogens with two attached hydrogens (primary N) is 1. The number of carbonyl (C=O) groups is 2. The Labute approximate surface area is 163 Å². The average molecular weight is 434 g/mol. The van der Waals surface area contributed by atoms with E-state index in [0.717, 1.165) is 12.3 Å². The number of furan rings is 1. The number of amides is 2. The molecule has 2 aliphatic rings. The molecule has 2 amide bonds. The Hall–Kier alpha value is -1.92. The van der Waals surface area contributed by atoms with E-state index in [0.29, 0.717) is 13.0 Å². The van der Waals surface area contributed by atoms with Gasteiger partial charge in [0.15, 0.2) is 9.84 Å². The Bertz CT molecular complexity index is 984. The zero-order valence-electron chi connectivity index (χ0n) is 15.4. The summed E-state index contributed by atoms with van der Waals surface area (Å²) in [7, 11) is -7.06. The van der Waals surface area contributed by atoms with Crippen molar-refractivity contribution in [3.63, 3.8) is 0 Å². The van der Waals surface area contributed by atoms with Gasteiger partial charge in [0.05, 0.1) is 17.1 Å². The second-order valence-corrected chi connectivity index (χ2v) is 11.1. The van der Waals surface area contributed by atoms with Crippen molar-refractivity contribution < 1.29 is 30.8 Å². The summed E-state index contributed by atoms with van der Waals surface area (Å²) in [4.78, 5) is 28.3. The number of sulfone groups is 1. The van der Waals surface area contributed by atoms with Crippen molar-refractivity contribution in [1.82, 2.24) is 9.80 Å². The van der Waals surface area contributed by atoms with Crippen LogP contribution in [0.4, 0.5) is 0 Å². The highest BCUT2D eigenvalue weighted by Crippen LogP contribution is 2.24. The first-order valence-electron chi connectivity index (χ1n) is 8.87. The van der Waals surface area contributed by atoms with Crippen LogP contribution in [0.15, 0.2) is 21.8 Å². The molecule has 1 aromatic heterocycles. The van der Waals surface area contributed by atoms with E-state index in [1.54, 1.807) is 4.90 Å². The van der Waals surface area contributed by atoms with Gasteiger partial charge in [-0.3, -0.25) is 9.59 Å². The van der Waals surface area contributed by atoms with E-state index in [9.17, 15) is 26.4 Å². The third kappa shape index (κ3) is 4.55. The van der Waals surface area contributed by atoms with Crippen LogP contribution < -0.4 is 5.14 Å². The fraction of sp³-hybridized carbons (Fsp3) is 0.625. The summed E-state index contributed by atoms with van der Waals surface area (Å²) < 4.78 is 50.5. The lowest BCUT2D eigenvalue weighted by Crippen LogP contribution is -2.55. The normalized spacial score (nSPS) is 25.1. The van der Waals surface area contributed by atoms with Crippen LogP contribution in [0.3, 0.4) is 0 Å². The molecule has 2 saturated heterocycles. The lowest BCUT2D eigenvalue weighted by Gasteiger charge is -2.40. The van der Waals surface area contributed by atoms with Gasteiger partial charge in [0.1, 0.15) is 6.26 Å². The SMILES string of the molecule is C[C@H]1CN(C(=O)c2coc(S(N)(=O)=O)c2)CCN1C(=O)CC1CCS(=O)(=O)C1. The van der Waals surface area contributed by atoms with Gasteiger partial charge in [0.2, 0.25) is 11.0 Å².